The number of urea groups is 1. The molecule has 0 bridgehead atoms. The van der Waals surface area contributed by atoms with Gasteiger partial charge in [0, 0.05) is 18.0 Å². The first-order chi connectivity index (χ1) is 9.19. The van der Waals surface area contributed by atoms with Gasteiger partial charge in [-0.15, -0.1) is 6.42 Å². The van der Waals surface area contributed by atoms with Crippen molar-refractivity contribution < 1.29 is 9.59 Å². The maximum absolute atomic E-state index is 12.0. The van der Waals surface area contributed by atoms with E-state index in [9.17, 15) is 9.59 Å². The Morgan fingerprint density at radius 1 is 1.11 bits per heavy atom. The highest BCUT2D eigenvalue weighted by atomic mass is 16.2. The van der Waals surface area contributed by atoms with Crippen LogP contribution in [0.4, 0.5) is 4.79 Å². The fourth-order valence-corrected chi connectivity index (χ4v) is 2.47. The van der Waals surface area contributed by atoms with E-state index >= 15 is 0 Å². The topological polar surface area (TPSA) is 70.2 Å². The lowest BCUT2D eigenvalue weighted by Crippen LogP contribution is -2.46. The molecule has 0 saturated heterocycles. The van der Waals surface area contributed by atoms with Crippen molar-refractivity contribution in [1.29, 1.82) is 0 Å². The molecule has 0 aliphatic heterocycles. The first kappa shape index (κ1) is 13.7. The molecule has 0 heterocycles. The van der Waals surface area contributed by atoms with E-state index in [1.807, 2.05) is 0 Å². The minimum absolute atomic E-state index is 0.0345. The Kier molecular flexibility index (Phi) is 4.67. The van der Waals surface area contributed by atoms with Gasteiger partial charge in [0.1, 0.15) is 0 Å². The van der Waals surface area contributed by atoms with Gasteiger partial charge in [0.2, 0.25) is 5.91 Å². The lowest BCUT2D eigenvalue weighted by molar-refractivity contribution is -0.126. The van der Waals surface area contributed by atoms with Crippen LogP contribution in [0, 0.1) is 18.3 Å². The second kappa shape index (κ2) is 6.46. The summed E-state index contributed by atoms with van der Waals surface area (Å²) < 4.78 is 0. The fourth-order valence-electron chi connectivity index (χ4n) is 2.47. The molecule has 0 radical (unpaired) electrons. The van der Waals surface area contributed by atoms with Crippen molar-refractivity contribution in [3.05, 3.63) is 0 Å². The van der Waals surface area contributed by atoms with Crippen LogP contribution >= 0.6 is 0 Å². The van der Waals surface area contributed by atoms with Crippen LogP contribution < -0.4 is 16.0 Å². The lowest BCUT2D eigenvalue weighted by atomic mass is 9.85. The van der Waals surface area contributed by atoms with E-state index in [2.05, 4.69) is 21.9 Å². The molecule has 5 heteroatoms. The molecule has 2 fully saturated rings. The second-order valence-corrected chi connectivity index (χ2v) is 5.37. The molecule has 5 nitrogen and oxygen atoms in total. The molecule has 2 saturated carbocycles. The van der Waals surface area contributed by atoms with Crippen LogP contribution in [0.25, 0.3) is 0 Å². The average Bonchev–Trinajstić information content (AvgIpc) is 3.20. The number of carbonyl (C=O) groups is 2. The molecular formula is C14H21N3O2. The van der Waals surface area contributed by atoms with E-state index < -0.39 is 0 Å². The number of hydrogen-bond donors (Lipinski definition) is 3. The van der Waals surface area contributed by atoms with E-state index in [0.717, 1.165) is 38.5 Å². The van der Waals surface area contributed by atoms with Gasteiger partial charge in [0.25, 0.3) is 0 Å². The van der Waals surface area contributed by atoms with Crippen molar-refractivity contribution in [3.63, 3.8) is 0 Å². The van der Waals surface area contributed by atoms with Crippen LogP contribution in [0.1, 0.15) is 38.5 Å². The zero-order chi connectivity index (χ0) is 13.7. The van der Waals surface area contributed by atoms with Gasteiger partial charge in [0.15, 0.2) is 0 Å². The molecule has 2 aliphatic carbocycles. The minimum Gasteiger partial charge on any atom is -0.353 e. The largest absolute Gasteiger partial charge is 0.353 e. The molecule has 2 rings (SSSR count). The third kappa shape index (κ3) is 4.47. The highest BCUT2D eigenvalue weighted by Crippen LogP contribution is 2.26. The number of hydrogen-bond acceptors (Lipinski definition) is 2. The molecule has 0 unspecified atom stereocenters. The standard InChI is InChI=1S/C14H21N3O2/c1-2-8-15-14(19)17-12-5-3-4-10(9-12)13(18)16-11-6-7-11/h1,10-12H,3-9H2,(H,16,18)(H2,15,17,19)/t10-,12+/m1/s1. The van der Waals surface area contributed by atoms with Crippen LogP contribution in [0.15, 0.2) is 0 Å². The SMILES string of the molecule is C#CCNC(=O)N[C@H]1CCC[C@@H](C(=O)NC2CC2)C1. The average molecular weight is 263 g/mol. The third-order valence-electron chi connectivity index (χ3n) is 3.65. The monoisotopic (exact) mass is 263 g/mol. The van der Waals surface area contributed by atoms with E-state index in [1.54, 1.807) is 0 Å². The molecule has 0 aromatic rings. The van der Waals surface area contributed by atoms with Gasteiger partial charge in [-0.05, 0) is 32.1 Å². The van der Waals surface area contributed by atoms with Crippen molar-refractivity contribution in [2.45, 2.75) is 50.6 Å². The molecule has 19 heavy (non-hydrogen) atoms. The third-order valence-corrected chi connectivity index (χ3v) is 3.65. The first-order valence-electron chi connectivity index (χ1n) is 6.97. The van der Waals surface area contributed by atoms with E-state index in [1.165, 1.54) is 0 Å². The Labute approximate surface area is 113 Å². The van der Waals surface area contributed by atoms with E-state index in [0.29, 0.717) is 6.04 Å². The number of rotatable bonds is 4. The van der Waals surface area contributed by atoms with Crippen molar-refractivity contribution in [3.8, 4) is 12.3 Å². The minimum atomic E-state index is -0.244. The second-order valence-electron chi connectivity index (χ2n) is 5.37. The molecule has 2 atom stereocenters. The predicted octanol–water partition coefficient (Wildman–Crippen LogP) is 0.756. The number of carbonyl (C=O) groups excluding carboxylic acids is 2. The molecule has 104 valence electrons. The normalized spacial score (nSPS) is 26.1. The highest BCUT2D eigenvalue weighted by molar-refractivity contribution is 5.79. The Morgan fingerprint density at radius 3 is 2.58 bits per heavy atom. The van der Waals surface area contributed by atoms with Gasteiger partial charge < -0.3 is 16.0 Å². The first-order valence-corrected chi connectivity index (χ1v) is 6.97. The molecular weight excluding hydrogens is 242 g/mol. The van der Waals surface area contributed by atoms with Gasteiger partial charge >= 0.3 is 6.03 Å². The smallest absolute Gasteiger partial charge is 0.315 e. The predicted molar refractivity (Wildman–Crippen MR) is 72.3 cm³/mol. The van der Waals surface area contributed by atoms with Crippen LogP contribution in [-0.2, 0) is 4.79 Å². The van der Waals surface area contributed by atoms with Crippen LogP contribution in [0.3, 0.4) is 0 Å². The summed E-state index contributed by atoms with van der Waals surface area (Å²) in [5.74, 6) is 2.54. The quantitative estimate of drug-likeness (QED) is 0.655. The van der Waals surface area contributed by atoms with Crippen molar-refractivity contribution in [2.24, 2.45) is 5.92 Å². The fraction of sp³-hybridized carbons (Fsp3) is 0.714. The summed E-state index contributed by atoms with van der Waals surface area (Å²) in [6.45, 7) is 0.226. The summed E-state index contributed by atoms with van der Waals surface area (Å²) in [5, 5.41) is 8.50. The maximum atomic E-state index is 12.0. The van der Waals surface area contributed by atoms with Gasteiger partial charge in [-0.3, -0.25) is 4.79 Å². The number of nitrogens with one attached hydrogen (secondary N) is 3. The maximum Gasteiger partial charge on any atom is 0.315 e. The molecule has 2 aliphatic rings. The summed E-state index contributed by atoms with van der Waals surface area (Å²) in [7, 11) is 0. The van der Waals surface area contributed by atoms with E-state index in [4.69, 9.17) is 6.42 Å². The van der Waals surface area contributed by atoms with Gasteiger partial charge in [0.05, 0.1) is 6.54 Å². The summed E-state index contributed by atoms with van der Waals surface area (Å²) in [5.41, 5.74) is 0. The Bertz CT molecular complexity index is 385. The highest BCUT2D eigenvalue weighted by Gasteiger charge is 2.31. The molecule has 3 amide bonds. The van der Waals surface area contributed by atoms with Crippen molar-refractivity contribution in [2.75, 3.05) is 6.54 Å². The Hall–Kier alpha value is -1.70. The van der Waals surface area contributed by atoms with Crippen molar-refractivity contribution in [1.82, 2.24) is 16.0 Å². The summed E-state index contributed by atoms with van der Waals surface area (Å²) >= 11 is 0. The molecule has 0 aromatic heterocycles. The van der Waals surface area contributed by atoms with E-state index in [-0.39, 0.29) is 30.4 Å². The van der Waals surface area contributed by atoms with Crippen LogP contribution in [0.5, 0.6) is 0 Å². The zero-order valence-corrected chi connectivity index (χ0v) is 11.1. The van der Waals surface area contributed by atoms with Crippen LogP contribution in [-0.4, -0.2) is 30.6 Å². The summed E-state index contributed by atoms with van der Waals surface area (Å²) in [6.07, 6.45) is 10.8. The number of amides is 3. The molecule has 0 spiro atoms. The zero-order valence-electron chi connectivity index (χ0n) is 11.1. The van der Waals surface area contributed by atoms with Gasteiger partial charge in [-0.25, -0.2) is 4.79 Å². The molecule has 0 aromatic carbocycles. The van der Waals surface area contributed by atoms with Crippen molar-refractivity contribution >= 4 is 11.9 Å². The van der Waals surface area contributed by atoms with Gasteiger partial charge in [-0.2, -0.15) is 0 Å². The Balaban J connectivity index is 1.74. The summed E-state index contributed by atoms with van der Waals surface area (Å²) in [6, 6.07) is 0.229. The van der Waals surface area contributed by atoms with Crippen LogP contribution in [0.2, 0.25) is 0 Å². The summed E-state index contributed by atoms with van der Waals surface area (Å²) in [4.78, 5) is 23.5. The number of terminal acetylenes is 1. The lowest BCUT2D eigenvalue weighted by Gasteiger charge is -2.29. The Morgan fingerprint density at radius 2 is 1.89 bits per heavy atom. The molecule has 3 N–H and O–H groups in total. The van der Waals surface area contributed by atoms with Gasteiger partial charge in [-0.1, -0.05) is 12.3 Å².